The van der Waals surface area contributed by atoms with Crippen molar-refractivity contribution in [3.05, 3.63) is 70.8 Å². The van der Waals surface area contributed by atoms with Gasteiger partial charge in [-0.25, -0.2) is 4.79 Å². The SMILES string of the molecule is CON(C(=O)O)c1ccccc1/C(=C\C[C@@H]1C[C@H]1c1ccc(Cl)cc1)ON. The monoisotopic (exact) mass is 388 g/mol. The molecular formula is C20H21ClN2O4. The van der Waals surface area contributed by atoms with Crippen LogP contribution in [0.3, 0.4) is 0 Å². The van der Waals surface area contributed by atoms with Gasteiger partial charge in [-0.2, -0.15) is 11.0 Å². The number of benzene rings is 2. The zero-order chi connectivity index (χ0) is 19.4. The van der Waals surface area contributed by atoms with Crippen molar-refractivity contribution in [2.24, 2.45) is 11.8 Å². The van der Waals surface area contributed by atoms with E-state index < -0.39 is 6.09 Å². The van der Waals surface area contributed by atoms with Gasteiger partial charge in [-0.1, -0.05) is 35.9 Å². The van der Waals surface area contributed by atoms with Crippen molar-refractivity contribution in [3.63, 3.8) is 0 Å². The predicted molar refractivity (Wildman–Crippen MR) is 104 cm³/mol. The first kappa shape index (κ1) is 19.2. The highest BCUT2D eigenvalue weighted by Gasteiger charge is 2.37. The van der Waals surface area contributed by atoms with Crippen LogP contribution < -0.4 is 11.0 Å². The largest absolute Gasteiger partial charge is 0.463 e. The molecule has 2 aromatic carbocycles. The van der Waals surface area contributed by atoms with Crippen molar-refractivity contribution in [2.45, 2.75) is 18.8 Å². The first-order chi connectivity index (χ1) is 13.0. The fourth-order valence-electron chi connectivity index (χ4n) is 3.24. The number of hydrogen-bond acceptors (Lipinski definition) is 4. The average Bonchev–Trinajstić information content (AvgIpc) is 3.44. The Morgan fingerprint density at radius 3 is 2.63 bits per heavy atom. The number of carboxylic acid groups (broad SMARTS) is 1. The van der Waals surface area contributed by atoms with Crippen molar-refractivity contribution in [1.29, 1.82) is 0 Å². The lowest BCUT2D eigenvalue weighted by Gasteiger charge is -2.19. The number of hydroxylamine groups is 1. The minimum absolute atomic E-state index is 0.342. The number of amides is 1. The molecule has 6 nitrogen and oxygen atoms in total. The molecule has 7 heteroatoms. The Labute approximate surface area is 162 Å². The number of para-hydroxylation sites is 1. The van der Waals surface area contributed by atoms with Gasteiger partial charge in [-0.15, -0.1) is 0 Å². The number of rotatable bonds is 7. The van der Waals surface area contributed by atoms with Gasteiger partial charge in [-0.05, 0) is 60.6 Å². The fraction of sp³-hybridized carbons (Fsp3) is 0.250. The highest BCUT2D eigenvalue weighted by atomic mass is 35.5. The summed E-state index contributed by atoms with van der Waals surface area (Å²) in [5.74, 6) is 6.86. The van der Waals surface area contributed by atoms with Gasteiger partial charge in [0.1, 0.15) is 0 Å². The molecule has 0 spiro atoms. The van der Waals surface area contributed by atoms with E-state index in [9.17, 15) is 9.90 Å². The third-order valence-electron chi connectivity index (χ3n) is 4.70. The number of halogens is 1. The molecule has 27 heavy (non-hydrogen) atoms. The summed E-state index contributed by atoms with van der Waals surface area (Å²) in [5.41, 5.74) is 2.16. The average molecular weight is 389 g/mol. The molecule has 3 rings (SSSR count). The maximum atomic E-state index is 11.4. The molecule has 0 aliphatic heterocycles. The van der Waals surface area contributed by atoms with Crippen molar-refractivity contribution < 1.29 is 19.6 Å². The normalized spacial score (nSPS) is 18.9. The maximum absolute atomic E-state index is 11.4. The molecule has 0 heterocycles. The Hall–Kier alpha value is -2.54. The third-order valence-corrected chi connectivity index (χ3v) is 4.95. The van der Waals surface area contributed by atoms with Gasteiger partial charge in [0.15, 0.2) is 5.76 Å². The Morgan fingerprint density at radius 1 is 1.30 bits per heavy atom. The quantitative estimate of drug-likeness (QED) is 0.525. The third kappa shape index (κ3) is 4.42. The van der Waals surface area contributed by atoms with Crippen LogP contribution in [0.25, 0.3) is 5.76 Å². The number of anilines is 1. The predicted octanol–water partition coefficient (Wildman–Crippen LogP) is 4.81. The van der Waals surface area contributed by atoms with E-state index in [0.717, 1.165) is 22.9 Å². The molecule has 0 radical (unpaired) electrons. The molecule has 1 amide bonds. The molecule has 1 fully saturated rings. The van der Waals surface area contributed by atoms with Gasteiger partial charge in [0.25, 0.3) is 0 Å². The first-order valence-electron chi connectivity index (χ1n) is 8.54. The van der Waals surface area contributed by atoms with Crippen LogP contribution in [0.5, 0.6) is 0 Å². The van der Waals surface area contributed by atoms with Gasteiger partial charge in [-0.3, -0.25) is 4.84 Å². The maximum Gasteiger partial charge on any atom is 0.436 e. The Kier molecular flexibility index (Phi) is 6.01. The Balaban J connectivity index is 1.76. The van der Waals surface area contributed by atoms with E-state index >= 15 is 0 Å². The highest BCUT2D eigenvalue weighted by molar-refractivity contribution is 6.30. The molecule has 0 saturated heterocycles. The summed E-state index contributed by atoms with van der Waals surface area (Å²) >= 11 is 5.94. The number of allylic oxidation sites excluding steroid dienone is 1. The lowest BCUT2D eigenvalue weighted by molar-refractivity contribution is 0.130. The summed E-state index contributed by atoms with van der Waals surface area (Å²) in [4.78, 5) is 21.4. The second kappa shape index (κ2) is 8.43. The lowest BCUT2D eigenvalue weighted by atomic mass is 10.1. The molecule has 0 bridgehead atoms. The van der Waals surface area contributed by atoms with Gasteiger partial charge in [0, 0.05) is 10.6 Å². The summed E-state index contributed by atoms with van der Waals surface area (Å²) in [7, 11) is 1.29. The number of nitrogens with two attached hydrogens (primary N) is 1. The van der Waals surface area contributed by atoms with Crippen LogP contribution >= 0.6 is 11.6 Å². The highest BCUT2D eigenvalue weighted by Crippen LogP contribution is 2.50. The molecule has 3 N–H and O–H groups in total. The minimum atomic E-state index is -1.23. The van der Waals surface area contributed by atoms with E-state index in [-0.39, 0.29) is 0 Å². The molecule has 1 saturated carbocycles. The molecule has 2 aromatic rings. The summed E-state index contributed by atoms with van der Waals surface area (Å²) in [6.07, 6.45) is 2.52. The summed E-state index contributed by atoms with van der Waals surface area (Å²) in [6.45, 7) is 0. The number of nitrogens with zero attached hydrogens (tertiary/aromatic N) is 1. The van der Waals surface area contributed by atoms with Crippen molar-refractivity contribution >= 4 is 29.1 Å². The van der Waals surface area contributed by atoms with Crippen LogP contribution in [0.1, 0.15) is 29.9 Å². The Morgan fingerprint density at radius 2 is 2.00 bits per heavy atom. The Bertz CT molecular complexity index is 838. The van der Waals surface area contributed by atoms with Crippen LogP contribution in [-0.2, 0) is 9.68 Å². The van der Waals surface area contributed by atoms with E-state index in [1.54, 1.807) is 24.3 Å². The zero-order valence-corrected chi connectivity index (χ0v) is 15.6. The van der Waals surface area contributed by atoms with E-state index in [1.165, 1.54) is 12.7 Å². The van der Waals surface area contributed by atoms with Crippen LogP contribution in [0.15, 0.2) is 54.6 Å². The van der Waals surface area contributed by atoms with E-state index in [0.29, 0.717) is 28.8 Å². The van der Waals surface area contributed by atoms with Gasteiger partial charge in [0.2, 0.25) is 0 Å². The van der Waals surface area contributed by atoms with Crippen molar-refractivity contribution in [2.75, 3.05) is 12.2 Å². The van der Waals surface area contributed by atoms with Crippen LogP contribution in [0.4, 0.5) is 10.5 Å². The minimum Gasteiger partial charge on any atom is -0.463 e. The zero-order valence-electron chi connectivity index (χ0n) is 14.8. The topological polar surface area (TPSA) is 85.0 Å². The summed E-state index contributed by atoms with van der Waals surface area (Å²) < 4.78 is 0. The smallest absolute Gasteiger partial charge is 0.436 e. The molecule has 2 atom stereocenters. The number of hydrogen-bond donors (Lipinski definition) is 2. The molecule has 1 aliphatic rings. The molecule has 0 unspecified atom stereocenters. The summed E-state index contributed by atoms with van der Waals surface area (Å²) in [5, 5.41) is 10.8. The van der Waals surface area contributed by atoms with Crippen LogP contribution in [-0.4, -0.2) is 18.3 Å². The molecule has 1 aliphatic carbocycles. The fourth-order valence-corrected chi connectivity index (χ4v) is 3.37. The van der Waals surface area contributed by atoms with Crippen molar-refractivity contribution in [1.82, 2.24) is 0 Å². The standard InChI is InChI=1S/C20H21ClN2O4/c1-26-23(20(24)25)18-5-3-2-4-16(18)19(27-22)11-8-14-12-17(14)13-6-9-15(21)10-7-13/h2-7,9-11,14,17H,8,12,22H2,1H3,(H,24,25)/b19-11+/t14-,17+/m1/s1. The van der Waals surface area contributed by atoms with Crippen LogP contribution in [0.2, 0.25) is 5.02 Å². The molecule has 142 valence electrons. The number of carbonyl (C=O) groups is 1. The second-order valence-electron chi connectivity index (χ2n) is 6.35. The molecule has 0 aromatic heterocycles. The molecular weight excluding hydrogens is 368 g/mol. The lowest BCUT2D eigenvalue weighted by Crippen LogP contribution is -2.28. The summed E-state index contributed by atoms with van der Waals surface area (Å²) in [6, 6.07) is 14.8. The van der Waals surface area contributed by atoms with Gasteiger partial charge < -0.3 is 9.94 Å². The van der Waals surface area contributed by atoms with Gasteiger partial charge in [0.05, 0.1) is 12.8 Å². The van der Waals surface area contributed by atoms with Crippen LogP contribution in [0, 0.1) is 5.92 Å². The van der Waals surface area contributed by atoms with E-state index in [2.05, 4.69) is 12.1 Å². The van der Waals surface area contributed by atoms with E-state index in [4.69, 9.17) is 27.2 Å². The van der Waals surface area contributed by atoms with Crippen molar-refractivity contribution in [3.8, 4) is 0 Å². The van der Waals surface area contributed by atoms with E-state index in [1.807, 2.05) is 18.2 Å². The second-order valence-corrected chi connectivity index (χ2v) is 6.79. The van der Waals surface area contributed by atoms with Gasteiger partial charge >= 0.3 is 6.09 Å². The first-order valence-corrected chi connectivity index (χ1v) is 8.91.